The van der Waals surface area contributed by atoms with Gasteiger partial charge in [-0.3, -0.25) is 29.0 Å². The van der Waals surface area contributed by atoms with Gasteiger partial charge in [0.05, 0.1) is 34.2 Å². The van der Waals surface area contributed by atoms with Crippen LogP contribution < -0.4 is 10.6 Å². The van der Waals surface area contributed by atoms with E-state index in [2.05, 4.69) is 10.6 Å². The molecule has 2 saturated heterocycles. The molecule has 2 aliphatic carbocycles. The Morgan fingerprint density at radius 1 is 0.654 bits per heavy atom. The summed E-state index contributed by atoms with van der Waals surface area (Å²) in [6.07, 6.45) is 6.95. The Hall–Kier alpha value is -3.16. The molecule has 6 rings (SSSR count). The molecular formula is C34H36N4O8S6. The van der Waals surface area contributed by atoms with Crippen molar-refractivity contribution in [2.45, 2.75) is 78.1 Å². The zero-order chi connectivity index (χ0) is 37.1. The molecule has 2 fully saturated rings. The molecule has 4 amide bonds. The van der Waals surface area contributed by atoms with Crippen molar-refractivity contribution in [1.82, 2.24) is 9.80 Å². The number of anilines is 2. The van der Waals surface area contributed by atoms with Crippen molar-refractivity contribution in [3.8, 4) is 0 Å². The van der Waals surface area contributed by atoms with Gasteiger partial charge in [0.1, 0.15) is 18.6 Å². The molecule has 276 valence electrons. The van der Waals surface area contributed by atoms with Gasteiger partial charge in [0.2, 0.25) is 11.8 Å². The van der Waals surface area contributed by atoms with Crippen LogP contribution in [0.3, 0.4) is 0 Å². The first-order valence-corrected chi connectivity index (χ1v) is 21.1. The van der Waals surface area contributed by atoms with E-state index in [4.69, 9.17) is 33.9 Å². The molecule has 2 aromatic rings. The molecule has 2 aromatic heterocycles. The van der Waals surface area contributed by atoms with E-state index in [1.54, 1.807) is 13.8 Å². The molecule has 52 heavy (non-hydrogen) atoms. The Balaban J connectivity index is 1.07. The van der Waals surface area contributed by atoms with E-state index in [0.29, 0.717) is 21.1 Å². The fraction of sp³-hybridized carbons (Fsp3) is 0.471. The Bertz CT molecular complexity index is 1780. The topological polar surface area (TPSA) is 151 Å². The number of esters is 2. The lowest BCUT2D eigenvalue weighted by Crippen LogP contribution is -2.33. The van der Waals surface area contributed by atoms with Crippen LogP contribution in [0.25, 0.3) is 0 Å². The van der Waals surface area contributed by atoms with Gasteiger partial charge < -0.3 is 20.1 Å². The lowest BCUT2D eigenvalue weighted by Gasteiger charge is -2.15. The number of thiocarbonyl (C=S) groups is 2. The van der Waals surface area contributed by atoms with Crippen LogP contribution in [0.4, 0.5) is 10.0 Å². The molecule has 12 nitrogen and oxygen atoms in total. The predicted octanol–water partition coefficient (Wildman–Crippen LogP) is 6.21. The number of amides is 4. The second-order valence-corrected chi connectivity index (χ2v) is 17.7. The van der Waals surface area contributed by atoms with E-state index in [9.17, 15) is 28.8 Å². The molecule has 18 heteroatoms. The summed E-state index contributed by atoms with van der Waals surface area (Å²) in [5, 5.41) is 6.61. The molecule has 0 bridgehead atoms. The molecule has 4 aliphatic rings. The third kappa shape index (κ3) is 8.01. The van der Waals surface area contributed by atoms with Gasteiger partial charge in [0, 0.05) is 35.7 Å². The minimum atomic E-state index is -0.506. The number of thiophene rings is 2. The number of thioether (sulfide) groups is 2. The molecular weight excluding hydrogens is 785 g/mol. The highest BCUT2D eigenvalue weighted by Crippen LogP contribution is 2.43. The third-order valence-electron chi connectivity index (χ3n) is 8.84. The van der Waals surface area contributed by atoms with Crippen LogP contribution in [0.1, 0.15) is 94.0 Å². The minimum Gasteiger partial charge on any atom is -0.462 e. The van der Waals surface area contributed by atoms with Gasteiger partial charge >= 0.3 is 11.9 Å². The molecule has 0 unspecified atom stereocenters. The lowest BCUT2D eigenvalue weighted by molar-refractivity contribution is -0.125. The number of fused-ring (bicyclic) bond motifs is 2. The van der Waals surface area contributed by atoms with E-state index in [-0.39, 0.29) is 69.4 Å². The first kappa shape index (κ1) is 38.6. The minimum absolute atomic E-state index is 0.0275. The first-order chi connectivity index (χ1) is 25.0. The van der Waals surface area contributed by atoms with Crippen LogP contribution >= 0.6 is 70.6 Å². The van der Waals surface area contributed by atoms with Crippen molar-refractivity contribution in [2.75, 3.05) is 36.9 Å². The van der Waals surface area contributed by atoms with Gasteiger partial charge in [-0.25, -0.2) is 9.59 Å². The van der Waals surface area contributed by atoms with Crippen molar-refractivity contribution in [3.05, 3.63) is 41.8 Å². The second-order valence-electron chi connectivity index (χ2n) is 12.2. The smallest absolute Gasteiger partial charge is 0.341 e. The van der Waals surface area contributed by atoms with E-state index < -0.39 is 23.8 Å². The quantitative estimate of drug-likeness (QED) is 0.142. The van der Waals surface area contributed by atoms with Crippen LogP contribution in [0, 0.1) is 0 Å². The van der Waals surface area contributed by atoms with Gasteiger partial charge in [-0.05, 0) is 76.3 Å². The average molecular weight is 821 g/mol. The Labute approximate surface area is 327 Å². The highest BCUT2D eigenvalue weighted by Gasteiger charge is 2.42. The normalized spacial score (nSPS) is 18.4. The molecule has 0 atom stereocenters. The zero-order valence-electron chi connectivity index (χ0n) is 28.5. The maximum absolute atomic E-state index is 13.5. The standard InChI is InChI=1S/C34H36N4O8S6/c1-3-45-31(43)23-17-9-5-7-11-19(17)49-27(23)35-21(39)13-15-37-29(41)25(51-33(37)47)26-30(42)38(34(48)52-26)16-14-22(40)36-28-24(32(44)46-4-2)18-10-6-8-12-20(18)50-28/h3-16H2,1-2H3,(H,35,39)(H,36,40). The summed E-state index contributed by atoms with van der Waals surface area (Å²) in [5.41, 5.74) is 2.69. The summed E-state index contributed by atoms with van der Waals surface area (Å²) < 4.78 is 11.0. The monoisotopic (exact) mass is 820 g/mol. The first-order valence-electron chi connectivity index (χ1n) is 17.1. The lowest BCUT2D eigenvalue weighted by atomic mass is 9.95. The van der Waals surface area contributed by atoms with Gasteiger partial charge in [0.25, 0.3) is 11.8 Å². The predicted molar refractivity (Wildman–Crippen MR) is 211 cm³/mol. The zero-order valence-corrected chi connectivity index (χ0v) is 33.4. The molecule has 2 N–H and O–H groups in total. The van der Waals surface area contributed by atoms with Gasteiger partial charge in [-0.15, -0.1) is 22.7 Å². The number of nitrogens with one attached hydrogen (secondary N) is 2. The Kier molecular flexibility index (Phi) is 12.5. The highest BCUT2D eigenvalue weighted by molar-refractivity contribution is 8.29. The van der Waals surface area contributed by atoms with Crippen LogP contribution in [-0.4, -0.2) is 80.3 Å². The van der Waals surface area contributed by atoms with E-state index in [0.717, 1.165) is 95.8 Å². The van der Waals surface area contributed by atoms with Crippen LogP contribution in [0.5, 0.6) is 0 Å². The fourth-order valence-electron chi connectivity index (χ4n) is 6.41. The fourth-order valence-corrected chi connectivity index (χ4v) is 11.8. The van der Waals surface area contributed by atoms with Crippen molar-refractivity contribution >= 4 is 125 Å². The van der Waals surface area contributed by atoms with E-state index in [1.807, 2.05) is 0 Å². The maximum atomic E-state index is 13.5. The average Bonchev–Trinajstić information content (AvgIpc) is 3.82. The Morgan fingerprint density at radius 3 is 1.42 bits per heavy atom. The number of hydrogen-bond acceptors (Lipinski definition) is 14. The van der Waals surface area contributed by atoms with Crippen LogP contribution in [0.2, 0.25) is 0 Å². The number of carbonyl (C=O) groups excluding carboxylic acids is 6. The number of ether oxygens (including phenoxy) is 2. The van der Waals surface area contributed by atoms with E-state index >= 15 is 0 Å². The molecule has 2 aliphatic heterocycles. The summed E-state index contributed by atoms with van der Waals surface area (Å²) in [6, 6.07) is 0. The van der Waals surface area contributed by atoms with Crippen LogP contribution in [-0.2, 0) is 54.3 Å². The van der Waals surface area contributed by atoms with Gasteiger partial charge in [-0.1, -0.05) is 48.0 Å². The van der Waals surface area contributed by atoms with Gasteiger partial charge in [-0.2, -0.15) is 0 Å². The van der Waals surface area contributed by atoms with Crippen molar-refractivity contribution in [3.63, 3.8) is 0 Å². The molecule has 0 aromatic carbocycles. The number of hydrogen-bond donors (Lipinski definition) is 2. The van der Waals surface area contributed by atoms with Crippen molar-refractivity contribution in [1.29, 1.82) is 0 Å². The third-order valence-corrected chi connectivity index (χ3v) is 14.3. The van der Waals surface area contributed by atoms with Crippen molar-refractivity contribution in [2.24, 2.45) is 0 Å². The maximum Gasteiger partial charge on any atom is 0.341 e. The largest absolute Gasteiger partial charge is 0.462 e. The SMILES string of the molecule is CCOC(=O)c1c(NC(=O)CCN2C(=O)C(=C3SC(=S)N(CCC(=O)Nc4sc5c(c4C(=O)OCC)CCCC5)C3=O)SC2=S)sc2c1CCCC2. The van der Waals surface area contributed by atoms with E-state index in [1.165, 1.54) is 32.5 Å². The number of nitrogens with zero attached hydrogens (tertiary/aromatic N) is 2. The van der Waals surface area contributed by atoms with Crippen molar-refractivity contribution < 1.29 is 38.2 Å². The summed E-state index contributed by atoms with van der Waals surface area (Å²) >= 11 is 15.6. The molecule has 0 saturated carbocycles. The molecule has 4 heterocycles. The molecule has 0 spiro atoms. The number of carbonyl (C=O) groups is 6. The summed E-state index contributed by atoms with van der Waals surface area (Å²) in [4.78, 5) is 83.7. The second kappa shape index (κ2) is 16.9. The number of aryl methyl sites for hydroxylation is 2. The summed E-state index contributed by atoms with van der Waals surface area (Å²) in [6.45, 7) is 3.85. The Morgan fingerprint density at radius 2 is 1.04 bits per heavy atom. The molecule has 0 radical (unpaired) electrons. The highest BCUT2D eigenvalue weighted by atomic mass is 32.2. The van der Waals surface area contributed by atoms with Gasteiger partial charge in [0.15, 0.2) is 0 Å². The summed E-state index contributed by atoms with van der Waals surface area (Å²) in [5.74, 6) is -2.71. The van der Waals surface area contributed by atoms with Crippen LogP contribution in [0.15, 0.2) is 9.81 Å². The number of rotatable bonds is 12. The summed E-state index contributed by atoms with van der Waals surface area (Å²) in [7, 11) is 0.